The molecule has 0 saturated heterocycles. The minimum atomic E-state index is -0.349. The van der Waals surface area contributed by atoms with Crippen LogP contribution in [0.15, 0.2) is 18.2 Å². The largest absolute Gasteiger partial charge is 0.491 e. The maximum absolute atomic E-state index is 12.8. The fourth-order valence-corrected chi connectivity index (χ4v) is 1.17. The fourth-order valence-electron chi connectivity index (χ4n) is 1.17. The quantitative estimate of drug-likeness (QED) is 0.691. The summed E-state index contributed by atoms with van der Waals surface area (Å²) in [6.45, 7) is 3.77. The van der Waals surface area contributed by atoms with E-state index in [1.807, 2.05) is 13.8 Å². The monoisotopic (exact) mass is 196 g/mol. The van der Waals surface area contributed by atoms with Crippen molar-refractivity contribution in [2.75, 3.05) is 0 Å². The van der Waals surface area contributed by atoms with Crippen LogP contribution in [0.5, 0.6) is 5.75 Å². The maximum atomic E-state index is 12.8. The lowest BCUT2D eigenvalue weighted by atomic mass is 10.1. The van der Waals surface area contributed by atoms with Gasteiger partial charge in [-0.2, -0.15) is 0 Å². The summed E-state index contributed by atoms with van der Waals surface area (Å²) < 4.78 is 18.3. The highest BCUT2D eigenvalue weighted by Crippen LogP contribution is 2.20. The van der Waals surface area contributed by atoms with Gasteiger partial charge in [0.25, 0.3) is 0 Å². The standard InChI is InChI=1S/C11H13FO2/c1-8(2)14-11-4-3-10(12)7-9(11)5-6-13/h3-4,6-8H,5H2,1-2H3. The number of benzene rings is 1. The van der Waals surface area contributed by atoms with Crippen molar-refractivity contribution in [2.24, 2.45) is 0 Å². The van der Waals surface area contributed by atoms with Crippen LogP contribution in [0.3, 0.4) is 0 Å². The Labute approximate surface area is 82.7 Å². The molecule has 0 aliphatic carbocycles. The van der Waals surface area contributed by atoms with Crippen LogP contribution < -0.4 is 4.74 Å². The fraction of sp³-hybridized carbons (Fsp3) is 0.364. The molecule has 0 heterocycles. The van der Waals surface area contributed by atoms with E-state index in [-0.39, 0.29) is 18.3 Å². The van der Waals surface area contributed by atoms with Crippen molar-refractivity contribution in [3.8, 4) is 5.75 Å². The van der Waals surface area contributed by atoms with Crippen molar-refractivity contribution in [3.63, 3.8) is 0 Å². The van der Waals surface area contributed by atoms with Gasteiger partial charge in [0.1, 0.15) is 17.9 Å². The summed E-state index contributed by atoms with van der Waals surface area (Å²) in [6.07, 6.45) is 0.938. The predicted octanol–water partition coefficient (Wildman–Crippen LogP) is 2.35. The Morgan fingerprint density at radius 1 is 1.50 bits per heavy atom. The number of aldehydes is 1. The van der Waals surface area contributed by atoms with Crippen molar-refractivity contribution in [3.05, 3.63) is 29.6 Å². The first-order valence-corrected chi connectivity index (χ1v) is 4.52. The van der Waals surface area contributed by atoms with E-state index < -0.39 is 0 Å². The van der Waals surface area contributed by atoms with Crippen LogP contribution in [0.4, 0.5) is 4.39 Å². The summed E-state index contributed by atoms with van der Waals surface area (Å²) in [5.74, 6) is 0.228. The molecule has 1 aromatic carbocycles. The molecule has 1 rings (SSSR count). The third-order valence-electron chi connectivity index (χ3n) is 1.69. The van der Waals surface area contributed by atoms with Crippen molar-refractivity contribution in [2.45, 2.75) is 26.4 Å². The molecule has 0 atom stereocenters. The molecule has 2 nitrogen and oxygen atoms in total. The second-order valence-electron chi connectivity index (χ2n) is 3.29. The summed E-state index contributed by atoms with van der Waals surface area (Å²) in [5.41, 5.74) is 0.591. The molecule has 14 heavy (non-hydrogen) atoms. The van der Waals surface area contributed by atoms with Gasteiger partial charge in [-0.3, -0.25) is 0 Å². The van der Waals surface area contributed by atoms with E-state index in [1.165, 1.54) is 12.1 Å². The van der Waals surface area contributed by atoms with Crippen molar-refractivity contribution in [1.82, 2.24) is 0 Å². The highest BCUT2D eigenvalue weighted by molar-refractivity contribution is 5.57. The molecule has 1 aromatic rings. The molecular weight excluding hydrogens is 183 g/mol. The normalized spacial score (nSPS) is 10.3. The van der Waals surface area contributed by atoms with Gasteiger partial charge in [0.2, 0.25) is 0 Å². The zero-order valence-corrected chi connectivity index (χ0v) is 8.29. The van der Waals surface area contributed by atoms with E-state index in [1.54, 1.807) is 6.07 Å². The molecule has 0 aliphatic rings. The summed E-state index contributed by atoms with van der Waals surface area (Å²) in [5, 5.41) is 0. The molecule has 0 saturated carbocycles. The Morgan fingerprint density at radius 2 is 2.21 bits per heavy atom. The molecule has 0 amide bonds. The van der Waals surface area contributed by atoms with E-state index >= 15 is 0 Å². The Bertz CT molecular complexity index is 321. The molecule has 0 fully saturated rings. The summed E-state index contributed by atoms with van der Waals surface area (Å²) in [7, 11) is 0. The Hall–Kier alpha value is -1.38. The highest BCUT2D eigenvalue weighted by Gasteiger charge is 2.06. The smallest absolute Gasteiger partial charge is 0.124 e. The topological polar surface area (TPSA) is 26.3 Å². The summed E-state index contributed by atoms with van der Waals surface area (Å²) in [6, 6.07) is 4.20. The minimum absolute atomic E-state index is 0.0193. The van der Waals surface area contributed by atoms with Crippen LogP contribution in [0.25, 0.3) is 0 Å². The Morgan fingerprint density at radius 3 is 2.79 bits per heavy atom. The number of carbonyl (C=O) groups is 1. The minimum Gasteiger partial charge on any atom is -0.491 e. The van der Waals surface area contributed by atoms with Crippen LogP contribution in [0.1, 0.15) is 19.4 Å². The Balaban J connectivity index is 2.95. The van der Waals surface area contributed by atoms with Crippen LogP contribution in [0, 0.1) is 5.82 Å². The number of rotatable bonds is 4. The molecule has 0 bridgehead atoms. The third-order valence-corrected chi connectivity index (χ3v) is 1.69. The molecule has 0 aliphatic heterocycles. The van der Waals surface area contributed by atoms with E-state index in [0.29, 0.717) is 11.3 Å². The van der Waals surface area contributed by atoms with E-state index in [2.05, 4.69) is 0 Å². The molecule has 0 aromatic heterocycles. The molecule has 3 heteroatoms. The van der Waals surface area contributed by atoms with Crippen molar-refractivity contribution >= 4 is 6.29 Å². The third kappa shape index (κ3) is 2.83. The molecule has 0 spiro atoms. The molecule has 76 valence electrons. The molecule has 0 unspecified atom stereocenters. The number of ether oxygens (including phenoxy) is 1. The first-order valence-electron chi connectivity index (χ1n) is 4.52. The maximum Gasteiger partial charge on any atom is 0.124 e. The van der Waals surface area contributed by atoms with Gasteiger partial charge >= 0.3 is 0 Å². The number of carbonyl (C=O) groups excluding carboxylic acids is 1. The first kappa shape index (κ1) is 10.7. The average Bonchev–Trinajstić information content (AvgIpc) is 2.09. The lowest BCUT2D eigenvalue weighted by molar-refractivity contribution is -0.107. The van der Waals surface area contributed by atoms with Gasteiger partial charge in [0.05, 0.1) is 6.10 Å². The van der Waals surface area contributed by atoms with Gasteiger partial charge in [0.15, 0.2) is 0 Å². The molecule has 0 radical (unpaired) electrons. The van der Waals surface area contributed by atoms with Gasteiger partial charge in [-0.25, -0.2) is 4.39 Å². The summed E-state index contributed by atoms with van der Waals surface area (Å²) >= 11 is 0. The van der Waals surface area contributed by atoms with E-state index in [0.717, 1.165) is 6.29 Å². The van der Waals surface area contributed by atoms with Crippen LogP contribution >= 0.6 is 0 Å². The number of halogens is 1. The average molecular weight is 196 g/mol. The second-order valence-corrected chi connectivity index (χ2v) is 3.29. The van der Waals surface area contributed by atoms with Gasteiger partial charge in [-0.05, 0) is 32.0 Å². The van der Waals surface area contributed by atoms with Gasteiger partial charge in [-0.15, -0.1) is 0 Å². The predicted molar refractivity (Wildman–Crippen MR) is 51.9 cm³/mol. The zero-order valence-electron chi connectivity index (χ0n) is 8.29. The summed E-state index contributed by atoms with van der Waals surface area (Å²) in [4.78, 5) is 10.3. The SMILES string of the molecule is CC(C)Oc1ccc(F)cc1CC=O. The zero-order chi connectivity index (χ0) is 10.6. The molecule has 0 N–H and O–H groups in total. The van der Waals surface area contributed by atoms with Crippen LogP contribution in [-0.2, 0) is 11.2 Å². The van der Waals surface area contributed by atoms with Crippen molar-refractivity contribution < 1.29 is 13.9 Å². The van der Waals surface area contributed by atoms with Crippen LogP contribution in [-0.4, -0.2) is 12.4 Å². The van der Waals surface area contributed by atoms with Crippen molar-refractivity contribution in [1.29, 1.82) is 0 Å². The van der Waals surface area contributed by atoms with Crippen LogP contribution in [0.2, 0.25) is 0 Å². The number of hydrogen-bond acceptors (Lipinski definition) is 2. The van der Waals surface area contributed by atoms with Gasteiger partial charge in [-0.1, -0.05) is 0 Å². The van der Waals surface area contributed by atoms with Gasteiger partial charge in [0, 0.05) is 12.0 Å². The van der Waals surface area contributed by atoms with Gasteiger partial charge < -0.3 is 9.53 Å². The number of hydrogen-bond donors (Lipinski definition) is 0. The lowest BCUT2D eigenvalue weighted by Crippen LogP contribution is -2.07. The van der Waals surface area contributed by atoms with E-state index in [9.17, 15) is 9.18 Å². The Kier molecular flexibility index (Phi) is 3.63. The first-order chi connectivity index (χ1) is 6.63. The highest BCUT2D eigenvalue weighted by atomic mass is 19.1. The van der Waals surface area contributed by atoms with E-state index in [4.69, 9.17) is 4.74 Å². The second kappa shape index (κ2) is 4.74. The lowest BCUT2D eigenvalue weighted by Gasteiger charge is -2.12. The molecular formula is C11H13FO2.